The summed E-state index contributed by atoms with van der Waals surface area (Å²) in [7, 11) is 0. The molecule has 0 spiro atoms. The molecule has 2 atom stereocenters. The molecular formula is C28H27BrN2O2. The third kappa shape index (κ3) is 5.99. The number of para-hydroxylation sites is 1. The van der Waals surface area contributed by atoms with Crippen molar-refractivity contribution in [3.05, 3.63) is 113 Å². The van der Waals surface area contributed by atoms with Crippen LogP contribution in [0.2, 0.25) is 0 Å². The van der Waals surface area contributed by atoms with Crippen LogP contribution in [0.4, 0.5) is 5.69 Å². The molecule has 168 valence electrons. The lowest BCUT2D eigenvalue weighted by Crippen LogP contribution is -2.42. The summed E-state index contributed by atoms with van der Waals surface area (Å²) in [6, 6.07) is 27.5. The molecule has 0 saturated carbocycles. The van der Waals surface area contributed by atoms with Gasteiger partial charge < -0.3 is 10.2 Å². The Labute approximate surface area is 203 Å². The Morgan fingerprint density at radius 2 is 1.27 bits per heavy atom. The van der Waals surface area contributed by atoms with E-state index in [0.717, 1.165) is 15.6 Å². The molecule has 3 aromatic carbocycles. The van der Waals surface area contributed by atoms with Crippen molar-refractivity contribution in [1.82, 2.24) is 4.90 Å². The molecule has 0 fully saturated rings. The minimum Gasteiger partial charge on any atom is -0.334 e. The Hall–Kier alpha value is -3.18. The molecule has 33 heavy (non-hydrogen) atoms. The van der Waals surface area contributed by atoms with Crippen molar-refractivity contribution < 1.29 is 9.59 Å². The highest BCUT2D eigenvalue weighted by molar-refractivity contribution is 9.10. The van der Waals surface area contributed by atoms with E-state index in [4.69, 9.17) is 0 Å². The molecular weight excluding hydrogens is 476 g/mol. The number of hydrogen-bond acceptors (Lipinski definition) is 2. The number of anilines is 1. The molecule has 0 aliphatic heterocycles. The predicted octanol–water partition coefficient (Wildman–Crippen LogP) is 6.20. The van der Waals surface area contributed by atoms with Crippen LogP contribution in [0.3, 0.4) is 0 Å². The van der Waals surface area contributed by atoms with Crippen molar-refractivity contribution in [3.8, 4) is 0 Å². The topological polar surface area (TPSA) is 49.4 Å². The summed E-state index contributed by atoms with van der Waals surface area (Å²) in [6.07, 6.45) is 5.14. The number of carbonyl (C=O) groups excluding carboxylic acids is 2. The van der Waals surface area contributed by atoms with Gasteiger partial charge in [-0.2, -0.15) is 0 Å². The van der Waals surface area contributed by atoms with Gasteiger partial charge in [0.2, 0.25) is 11.8 Å². The number of benzene rings is 3. The van der Waals surface area contributed by atoms with Gasteiger partial charge in [0, 0.05) is 17.6 Å². The van der Waals surface area contributed by atoms with Crippen molar-refractivity contribution in [2.75, 3.05) is 5.32 Å². The monoisotopic (exact) mass is 502 g/mol. The van der Waals surface area contributed by atoms with Gasteiger partial charge in [-0.05, 0) is 52.0 Å². The first-order chi connectivity index (χ1) is 16.1. The highest BCUT2D eigenvalue weighted by atomic mass is 79.9. The van der Waals surface area contributed by atoms with Gasteiger partial charge in [-0.3, -0.25) is 9.59 Å². The summed E-state index contributed by atoms with van der Waals surface area (Å²) in [6.45, 7) is 1.01. The number of hydrogen-bond donors (Lipinski definition) is 1. The minimum atomic E-state index is -0.413. The number of carbonyl (C=O) groups is 2. The standard InChI is InChI=1S/C28H27BrN2O2/c29-25-17-9-10-18-26(25)30-27(32)23-15-7-8-16-24(23)28(33)31(19-21-11-3-1-4-12-21)20-22-13-5-2-6-14-22/h1-14,17-18,23-24H,15-16,19-20H2,(H,30,32). The molecule has 2 unspecified atom stereocenters. The Bertz CT molecular complexity index is 1070. The fourth-order valence-corrected chi connectivity index (χ4v) is 4.60. The minimum absolute atomic E-state index is 0.0133. The molecule has 0 radical (unpaired) electrons. The summed E-state index contributed by atoms with van der Waals surface area (Å²) in [5.41, 5.74) is 2.86. The fraction of sp³-hybridized carbons (Fsp3) is 0.214. The van der Waals surface area contributed by atoms with E-state index in [1.807, 2.05) is 102 Å². The molecule has 2 amide bonds. The van der Waals surface area contributed by atoms with Crippen LogP contribution in [0.5, 0.6) is 0 Å². The van der Waals surface area contributed by atoms with Gasteiger partial charge in [0.05, 0.1) is 17.5 Å². The maximum absolute atomic E-state index is 13.8. The summed E-state index contributed by atoms with van der Waals surface area (Å²) < 4.78 is 0.822. The quantitative estimate of drug-likeness (QED) is 0.391. The Morgan fingerprint density at radius 1 is 0.758 bits per heavy atom. The SMILES string of the molecule is O=C(Nc1ccccc1Br)C1CC=CCC1C(=O)N(Cc1ccccc1)Cc1ccccc1. The van der Waals surface area contributed by atoms with Crippen LogP contribution in [0.15, 0.2) is 102 Å². The van der Waals surface area contributed by atoms with Crippen molar-refractivity contribution in [3.63, 3.8) is 0 Å². The van der Waals surface area contributed by atoms with E-state index in [-0.39, 0.29) is 11.8 Å². The molecule has 0 heterocycles. The number of allylic oxidation sites excluding steroid dienone is 2. The lowest BCUT2D eigenvalue weighted by molar-refractivity contribution is -0.142. The van der Waals surface area contributed by atoms with Crippen molar-refractivity contribution >= 4 is 33.4 Å². The molecule has 1 N–H and O–H groups in total. The van der Waals surface area contributed by atoms with Crippen LogP contribution >= 0.6 is 15.9 Å². The number of nitrogens with one attached hydrogen (secondary N) is 1. The largest absolute Gasteiger partial charge is 0.334 e. The first kappa shape index (κ1) is 23.0. The summed E-state index contributed by atoms with van der Waals surface area (Å²) in [5.74, 6) is -0.920. The molecule has 0 bridgehead atoms. The average molecular weight is 503 g/mol. The van der Waals surface area contributed by atoms with E-state index in [2.05, 4.69) is 21.2 Å². The Balaban J connectivity index is 1.56. The highest BCUT2D eigenvalue weighted by Crippen LogP contribution is 2.31. The molecule has 3 aromatic rings. The summed E-state index contributed by atoms with van der Waals surface area (Å²) in [4.78, 5) is 29.0. The maximum atomic E-state index is 13.8. The van der Waals surface area contributed by atoms with E-state index in [0.29, 0.717) is 31.6 Å². The zero-order valence-corrected chi connectivity index (χ0v) is 19.9. The van der Waals surface area contributed by atoms with Gasteiger partial charge in [-0.15, -0.1) is 0 Å². The average Bonchev–Trinajstić information content (AvgIpc) is 2.86. The van der Waals surface area contributed by atoms with Crippen LogP contribution in [-0.2, 0) is 22.7 Å². The molecule has 4 nitrogen and oxygen atoms in total. The van der Waals surface area contributed by atoms with Gasteiger partial charge in [-0.25, -0.2) is 0 Å². The van der Waals surface area contributed by atoms with E-state index >= 15 is 0 Å². The lowest BCUT2D eigenvalue weighted by atomic mass is 9.81. The van der Waals surface area contributed by atoms with Crippen LogP contribution in [0.25, 0.3) is 0 Å². The van der Waals surface area contributed by atoms with Crippen LogP contribution < -0.4 is 5.32 Å². The molecule has 1 aliphatic carbocycles. The Kier molecular flexibility index (Phi) is 7.74. The van der Waals surface area contributed by atoms with Crippen molar-refractivity contribution in [1.29, 1.82) is 0 Å². The van der Waals surface area contributed by atoms with Gasteiger partial charge in [0.25, 0.3) is 0 Å². The number of rotatable bonds is 7. The second-order valence-corrected chi connectivity index (χ2v) is 9.14. The first-order valence-electron chi connectivity index (χ1n) is 11.2. The zero-order valence-electron chi connectivity index (χ0n) is 18.4. The zero-order chi connectivity index (χ0) is 23.0. The van der Waals surface area contributed by atoms with E-state index < -0.39 is 11.8 Å². The highest BCUT2D eigenvalue weighted by Gasteiger charge is 2.36. The third-order valence-corrected chi connectivity index (χ3v) is 6.65. The predicted molar refractivity (Wildman–Crippen MR) is 135 cm³/mol. The van der Waals surface area contributed by atoms with Crippen LogP contribution in [0.1, 0.15) is 24.0 Å². The summed E-state index contributed by atoms with van der Waals surface area (Å²) >= 11 is 3.49. The smallest absolute Gasteiger partial charge is 0.228 e. The number of halogens is 1. The number of amides is 2. The van der Waals surface area contributed by atoms with Crippen molar-refractivity contribution in [2.24, 2.45) is 11.8 Å². The second kappa shape index (κ2) is 11.1. The summed E-state index contributed by atoms with van der Waals surface area (Å²) in [5, 5.41) is 3.01. The van der Waals surface area contributed by atoms with Gasteiger partial charge >= 0.3 is 0 Å². The number of nitrogens with zero attached hydrogens (tertiary/aromatic N) is 1. The van der Waals surface area contributed by atoms with E-state index in [1.165, 1.54) is 0 Å². The molecule has 5 heteroatoms. The van der Waals surface area contributed by atoms with Gasteiger partial charge in [-0.1, -0.05) is 84.9 Å². The third-order valence-electron chi connectivity index (χ3n) is 5.96. The van der Waals surface area contributed by atoms with Gasteiger partial charge in [0.15, 0.2) is 0 Å². The Morgan fingerprint density at radius 3 is 1.85 bits per heavy atom. The van der Waals surface area contributed by atoms with E-state index in [1.54, 1.807) is 0 Å². The fourth-order valence-electron chi connectivity index (χ4n) is 4.22. The normalized spacial score (nSPS) is 17.4. The van der Waals surface area contributed by atoms with Crippen LogP contribution in [-0.4, -0.2) is 16.7 Å². The van der Waals surface area contributed by atoms with Crippen LogP contribution in [0, 0.1) is 11.8 Å². The molecule has 0 aromatic heterocycles. The van der Waals surface area contributed by atoms with E-state index in [9.17, 15) is 9.59 Å². The molecule has 4 rings (SSSR count). The molecule has 0 saturated heterocycles. The van der Waals surface area contributed by atoms with Crippen molar-refractivity contribution in [2.45, 2.75) is 25.9 Å². The maximum Gasteiger partial charge on any atom is 0.228 e. The van der Waals surface area contributed by atoms with Gasteiger partial charge in [0.1, 0.15) is 0 Å². The first-order valence-corrected chi connectivity index (χ1v) is 12.0. The lowest BCUT2D eigenvalue weighted by Gasteiger charge is -2.32. The molecule has 1 aliphatic rings. The second-order valence-electron chi connectivity index (χ2n) is 8.29.